The van der Waals surface area contributed by atoms with Gasteiger partial charge in [-0.2, -0.15) is 0 Å². The van der Waals surface area contributed by atoms with Crippen LogP contribution in [-0.4, -0.2) is 30.5 Å². The lowest BCUT2D eigenvalue weighted by Gasteiger charge is -2.25. The van der Waals surface area contributed by atoms with Crippen LogP contribution in [0.15, 0.2) is 78.9 Å². The average molecular weight is 420 g/mol. The molecule has 1 unspecified atom stereocenters. The molecule has 0 saturated carbocycles. The van der Waals surface area contributed by atoms with Crippen molar-refractivity contribution < 1.29 is 9.53 Å². The summed E-state index contributed by atoms with van der Waals surface area (Å²) in [6.07, 6.45) is 3.24. The molecule has 1 aliphatic rings. The molecule has 1 fully saturated rings. The first-order valence-corrected chi connectivity index (χ1v) is 10.9. The van der Waals surface area contributed by atoms with Crippen LogP contribution in [0, 0.1) is 0 Å². The van der Waals surface area contributed by atoms with Crippen LogP contribution in [0.5, 0.6) is 5.75 Å². The number of carbonyl (C=O) groups is 1. The Balaban J connectivity index is 1.35. The summed E-state index contributed by atoms with van der Waals surface area (Å²) in [5.74, 6) is 1.11. The highest BCUT2D eigenvalue weighted by molar-refractivity contribution is 6.30. The van der Waals surface area contributed by atoms with Gasteiger partial charge in [0.2, 0.25) is 0 Å². The number of hydrogen-bond donors (Lipinski definition) is 0. The molecule has 1 amide bonds. The minimum Gasteiger partial charge on any atom is -0.484 e. The van der Waals surface area contributed by atoms with Crippen molar-refractivity contribution in [1.82, 2.24) is 4.90 Å². The largest absolute Gasteiger partial charge is 0.484 e. The molecule has 0 bridgehead atoms. The molecule has 1 heterocycles. The van der Waals surface area contributed by atoms with Crippen molar-refractivity contribution in [3.8, 4) is 16.9 Å². The Hall–Kier alpha value is -2.78. The highest BCUT2D eigenvalue weighted by Crippen LogP contribution is 2.28. The van der Waals surface area contributed by atoms with E-state index < -0.39 is 0 Å². The van der Waals surface area contributed by atoms with E-state index in [4.69, 9.17) is 16.3 Å². The minimum atomic E-state index is 0.0444. The maximum absolute atomic E-state index is 12.8. The molecule has 1 aliphatic heterocycles. The van der Waals surface area contributed by atoms with Gasteiger partial charge in [-0.1, -0.05) is 72.6 Å². The van der Waals surface area contributed by atoms with Crippen molar-refractivity contribution in [2.45, 2.75) is 25.2 Å². The Morgan fingerprint density at radius 2 is 1.60 bits per heavy atom. The molecular formula is C26H26ClNO2. The molecule has 0 radical (unpaired) electrons. The summed E-state index contributed by atoms with van der Waals surface area (Å²) in [4.78, 5) is 14.8. The quantitative estimate of drug-likeness (QED) is 0.494. The number of benzene rings is 3. The fourth-order valence-corrected chi connectivity index (χ4v) is 4.11. The Morgan fingerprint density at radius 3 is 2.33 bits per heavy atom. The monoisotopic (exact) mass is 419 g/mol. The van der Waals surface area contributed by atoms with Crippen molar-refractivity contribution in [1.29, 1.82) is 0 Å². The smallest absolute Gasteiger partial charge is 0.260 e. The van der Waals surface area contributed by atoms with E-state index in [1.54, 1.807) is 0 Å². The van der Waals surface area contributed by atoms with Crippen molar-refractivity contribution in [2.24, 2.45) is 0 Å². The van der Waals surface area contributed by atoms with Crippen molar-refractivity contribution in [2.75, 3.05) is 19.7 Å². The lowest BCUT2D eigenvalue weighted by atomic mass is 9.94. The van der Waals surface area contributed by atoms with E-state index in [9.17, 15) is 4.79 Å². The second kappa shape index (κ2) is 9.82. The normalized spacial score (nSPS) is 16.7. The molecule has 4 rings (SSSR count). The summed E-state index contributed by atoms with van der Waals surface area (Å²) in [6.45, 7) is 1.59. The zero-order valence-corrected chi connectivity index (χ0v) is 17.7. The van der Waals surface area contributed by atoms with Gasteiger partial charge in [0.15, 0.2) is 6.61 Å². The molecule has 30 heavy (non-hydrogen) atoms. The van der Waals surface area contributed by atoms with E-state index in [1.165, 1.54) is 5.56 Å². The third kappa shape index (κ3) is 5.22. The average Bonchev–Trinajstić information content (AvgIpc) is 3.05. The first-order valence-electron chi connectivity index (χ1n) is 10.5. The van der Waals surface area contributed by atoms with Crippen molar-refractivity contribution in [3.05, 3.63) is 89.4 Å². The van der Waals surface area contributed by atoms with E-state index >= 15 is 0 Å². The summed E-state index contributed by atoms with van der Waals surface area (Å²) in [5.41, 5.74) is 3.54. The molecule has 3 aromatic rings. The van der Waals surface area contributed by atoms with Gasteiger partial charge < -0.3 is 9.64 Å². The predicted octanol–water partition coefficient (Wildman–Crippen LogP) is 6.18. The zero-order chi connectivity index (χ0) is 20.8. The standard InChI is InChI=1S/C26H26ClNO2/c27-24-13-9-22(10-14-24)23-8-4-5-17-28(18-23)26(29)19-30-25-15-11-21(12-16-25)20-6-2-1-3-7-20/h1-3,6-7,9-16,23H,4-5,8,17-19H2. The van der Waals surface area contributed by atoms with Crippen LogP contribution in [0.1, 0.15) is 30.7 Å². The molecule has 3 aromatic carbocycles. The Bertz CT molecular complexity index is 955. The van der Waals surface area contributed by atoms with Crippen LogP contribution in [0.3, 0.4) is 0 Å². The molecule has 0 spiro atoms. The van der Waals surface area contributed by atoms with Crippen LogP contribution in [-0.2, 0) is 4.79 Å². The van der Waals surface area contributed by atoms with Crippen LogP contribution < -0.4 is 4.74 Å². The number of nitrogens with zero attached hydrogens (tertiary/aromatic N) is 1. The Labute approximate surface area is 183 Å². The fourth-order valence-electron chi connectivity index (χ4n) is 3.99. The Morgan fingerprint density at radius 1 is 0.900 bits per heavy atom. The number of carbonyl (C=O) groups excluding carboxylic acids is 1. The van der Waals surface area contributed by atoms with Crippen LogP contribution in [0.4, 0.5) is 0 Å². The van der Waals surface area contributed by atoms with Gasteiger partial charge in [0.25, 0.3) is 5.91 Å². The van der Waals surface area contributed by atoms with Gasteiger partial charge in [-0.25, -0.2) is 0 Å². The summed E-state index contributed by atoms with van der Waals surface area (Å²) in [7, 11) is 0. The third-order valence-electron chi connectivity index (χ3n) is 5.69. The maximum Gasteiger partial charge on any atom is 0.260 e. The molecule has 0 aliphatic carbocycles. The third-order valence-corrected chi connectivity index (χ3v) is 5.94. The van der Waals surface area contributed by atoms with Gasteiger partial charge in [0, 0.05) is 24.0 Å². The molecule has 4 heteroatoms. The number of ether oxygens (including phenoxy) is 1. The molecule has 0 aromatic heterocycles. The molecule has 0 N–H and O–H groups in total. The zero-order valence-electron chi connectivity index (χ0n) is 17.0. The van der Waals surface area contributed by atoms with Crippen molar-refractivity contribution in [3.63, 3.8) is 0 Å². The Kier molecular flexibility index (Phi) is 6.70. The van der Waals surface area contributed by atoms with Crippen LogP contribution >= 0.6 is 11.6 Å². The lowest BCUT2D eigenvalue weighted by molar-refractivity contribution is -0.133. The van der Waals surface area contributed by atoms with Gasteiger partial charge in [-0.3, -0.25) is 4.79 Å². The maximum atomic E-state index is 12.8. The second-order valence-corrected chi connectivity index (χ2v) is 8.20. The molecule has 3 nitrogen and oxygen atoms in total. The molecular weight excluding hydrogens is 394 g/mol. The topological polar surface area (TPSA) is 29.5 Å². The molecule has 1 saturated heterocycles. The van der Waals surface area contributed by atoms with E-state index in [2.05, 4.69) is 24.3 Å². The highest BCUT2D eigenvalue weighted by atomic mass is 35.5. The van der Waals surface area contributed by atoms with Crippen LogP contribution in [0.2, 0.25) is 5.02 Å². The summed E-state index contributed by atoms with van der Waals surface area (Å²) < 4.78 is 5.80. The minimum absolute atomic E-state index is 0.0444. The molecule has 154 valence electrons. The van der Waals surface area contributed by atoms with Gasteiger partial charge in [-0.15, -0.1) is 0 Å². The summed E-state index contributed by atoms with van der Waals surface area (Å²) >= 11 is 6.02. The number of halogens is 1. The SMILES string of the molecule is O=C(COc1ccc(-c2ccccc2)cc1)N1CCCCC(c2ccc(Cl)cc2)C1. The van der Waals surface area contributed by atoms with Gasteiger partial charge in [-0.05, 0) is 53.8 Å². The number of amides is 1. The summed E-state index contributed by atoms with van der Waals surface area (Å²) in [5, 5.41) is 0.743. The van der Waals surface area contributed by atoms with E-state index in [0.29, 0.717) is 11.7 Å². The number of rotatable bonds is 5. The molecule has 1 atom stereocenters. The fraction of sp³-hybridized carbons (Fsp3) is 0.269. The number of likely N-dealkylation sites (tertiary alicyclic amines) is 1. The highest BCUT2D eigenvalue weighted by Gasteiger charge is 2.23. The first-order chi connectivity index (χ1) is 14.7. The number of hydrogen-bond acceptors (Lipinski definition) is 2. The summed E-state index contributed by atoms with van der Waals surface area (Å²) in [6, 6.07) is 26.1. The van der Waals surface area contributed by atoms with Gasteiger partial charge in [0.05, 0.1) is 0 Å². The lowest BCUT2D eigenvalue weighted by Crippen LogP contribution is -2.37. The second-order valence-electron chi connectivity index (χ2n) is 7.76. The van der Waals surface area contributed by atoms with Gasteiger partial charge >= 0.3 is 0 Å². The van der Waals surface area contributed by atoms with E-state index in [-0.39, 0.29) is 12.5 Å². The first kappa shape index (κ1) is 20.5. The van der Waals surface area contributed by atoms with Crippen LogP contribution in [0.25, 0.3) is 11.1 Å². The van der Waals surface area contributed by atoms with Crippen molar-refractivity contribution >= 4 is 17.5 Å². The van der Waals surface area contributed by atoms with E-state index in [1.807, 2.05) is 59.5 Å². The van der Waals surface area contributed by atoms with E-state index in [0.717, 1.165) is 48.5 Å². The van der Waals surface area contributed by atoms with Gasteiger partial charge in [0.1, 0.15) is 5.75 Å². The predicted molar refractivity (Wildman–Crippen MR) is 122 cm³/mol.